The Morgan fingerprint density at radius 2 is 2.06 bits per heavy atom. The lowest BCUT2D eigenvalue weighted by molar-refractivity contribution is -0.0893. The molecule has 0 aromatic carbocycles. The van der Waals surface area contributed by atoms with Crippen LogP contribution in [0.4, 0.5) is 0 Å². The van der Waals surface area contributed by atoms with Crippen LogP contribution in [0.15, 0.2) is 12.4 Å². The Kier molecular flexibility index (Phi) is 4.35. The summed E-state index contributed by atoms with van der Waals surface area (Å²) in [6, 6.07) is 0. The molecule has 95 valence electrons. The maximum absolute atomic E-state index is 9.91. The van der Waals surface area contributed by atoms with Crippen LogP contribution in [0.5, 0.6) is 0 Å². The zero-order valence-electron chi connectivity index (χ0n) is 10.8. The molecule has 0 aliphatic carbocycles. The molecule has 1 heterocycles. The molecule has 2 N–H and O–H groups in total. The Morgan fingerprint density at radius 1 is 1.41 bits per heavy atom. The number of nitrogens with zero attached hydrogens (tertiary/aromatic N) is 2. The van der Waals surface area contributed by atoms with Crippen molar-refractivity contribution in [3.05, 3.63) is 12.4 Å². The van der Waals surface area contributed by atoms with E-state index in [1.807, 2.05) is 13.8 Å². The molecule has 0 aliphatic heterocycles. The van der Waals surface area contributed by atoms with E-state index in [9.17, 15) is 5.11 Å². The number of aromatic nitrogens is 2. The van der Waals surface area contributed by atoms with Crippen LogP contribution in [-0.2, 0) is 11.2 Å². The molecule has 17 heavy (non-hydrogen) atoms. The third kappa shape index (κ3) is 3.83. The van der Waals surface area contributed by atoms with Gasteiger partial charge in [-0.1, -0.05) is 0 Å². The van der Waals surface area contributed by atoms with E-state index in [0.717, 1.165) is 5.46 Å². The van der Waals surface area contributed by atoms with Gasteiger partial charge in [-0.05, 0) is 33.2 Å². The average molecular weight is 239 g/mol. The van der Waals surface area contributed by atoms with E-state index in [1.165, 1.54) is 0 Å². The quantitative estimate of drug-likeness (QED) is 0.668. The van der Waals surface area contributed by atoms with Gasteiger partial charge in [-0.3, -0.25) is 4.68 Å². The van der Waals surface area contributed by atoms with Crippen LogP contribution in [0.25, 0.3) is 0 Å². The molecule has 5 nitrogen and oxygen atoms in total. The summed E-state index contributed by atoms with van der Waals surface area (Å²) >= 11 is 0. The monoisotopic (exact) mass is 239 g/mol. The second-order valence-corrected chi connectivity index (χ2v) is 5.07. The van der Waals surface area contributed by atoms with Gasteiger partial charge < -0.3 is 14.9 Å². The first-order chi connectivity index (χ1) is 7.76. The van der Waals surface area contributed by atoms with Crippen molar-refractivity contribution in [2.75, 3.05) is 6.61 Å². The van der Waals surface area contributed by atoms with E-state index >= 15 is 0 Å². The number of hydrogen-bond acceptors (Lipinski definition) is 4. The zero-order valence-corrected chi connectivity index (χ0v) is 10.8. The molecule has 0 saturated heterocycles. The van der Waals surface area contributed by atoms with Crippen LogP contribution in [-0.4, -0.2) is 45.3 Å². The van der Waals surface area contributed by atoms with Gasteiger partial charge in [0, 0.05) is 12.4 Å². The van der Waals surface area contributed by atoms with Crippen molar-refractivity contribution in [3.63, 3.8) is 0 Å². The summed E-state index contributed by atoms with van der Waals surface area (Å²) in [7, 11) is 1.57. The fraction of sp³-hybridized carbons (Fsp3) is 0.727. The second kappa shape index (κ2) is 5.20. The van der Waals surface area contributed by atoms with Gasteiger partial charge in [0.25, 0.3) is 0 Å². The number of aliphatic hydroxyl groups excluding tert-OH is 1. The van der Waals surface area contributed by atoms with Crippen LogP contribution in [0.3, 0.4) is 0 Å². The lowest BCUT2D eigenvalue weighted by atomic mass is 9.84. The predicted molar refractivity (Wildman–Crippen MR) is 66.2 cm³/mol. The topological polar surface area (TPSA) is 67.5 Å². The predicted octanol–water partition coefficient (Wildman–Crippen LogP) is -0.314. The van der Waals surface area contributed by atoms with Gasteiger partial charge in [-0.25, -0.2) is 0 Å². The third-order valence-corrected chi connectivity index (χ3v) is 2.95. The highest BCUT2D eigenvalue weighted by Gasteiger charge is 2.35. The lowest BCUT2D eigenvalue weighted by Crippen LogP contribution is -2.49. The summed E-state index contributed by atoms with van der Waals surface area (Å²) < 4.78 is 7.21. The van der Waals surface area contributed by atoms with Gasteiger partial charge in [0.1, 0.15) is 0 Å². The summed E-state index contributed by atoms with van der Waals surface area (Å²) in [5.74, 6) is 0. The van der Waals surface area contributed by atoms with Crippen molar-refractivity contribution in [3.8, 4) is 0 Å². The van der Waals surface area contributed by atoms with Gasteiger partial charge in [-0.2, -0.15) is 5.10 Å². The van der Waals surface area contributed by atoms with Crippen molar-refractivity contribution < 1.29 is 14.9 Å². The minimum atomic E-state index is -0.940. The van der Waals surface area contributed by atoms with E-state index in [1.54, 1.807) is 38.4 Å². The Morgan fingerprint density at radius 3 is 2.59 bits per heavy atom. The maximum Gasteiger partial charge on any atom is 0.334 e. The molecule has 0 atom stereocenters. The summed E-state index contributed by atoms with van der Waals surface area (Å²) in [4.78, 5) is 0. The normalized spacial score (nSPS) is 12.8. The summed E-state index contributed by atoms with van der Waals surface area (Å²) in [6.45, 7) is 7.56. The minimum absolute atomic E-state index is 0.0527. The zero-order chi connectivity index (χ0) is 13.1. The molecular formula is C11H20BN2O3. The van der Waals surface area contributed by atoms with Gasteiger partial charge in [-0.15, -0.1) is 0 Å². The first-order valence-electron chi connectivity index (χ1n) is 5.63. The molecule has 1 aromatic rings. The fourth-order valence-corrected chi connectivity index (χ4v) is 1.02. The second-order valence-electron chi connectivity index (χ2n) is 5.07. The summed E-state index contributed by atoms with van der Waals surface area (Å²) in [6.07, 6.45) is 3.42. The van der Waals surface area contributed by atoms with Crippen LogP contribution < -0.4 is 5.46 Å². The van der Waals surface area contributed by atoms with Crippen molar-refractivity contribution in [2.24, 2.45) is 0 Å². The van der Waals surface area contributed by atoms with Crippen molar-refractivity contribution in [2.45, 2.75) is 45.4 Å². The van der Waals surface area contributed by atoms with Crippen LogP contribution in [0, 0.1) is 0 Å². The van der Waals surface area contributed by atoms with Crippen LogP contribution >= 0.6 is 0 Å². The highest BCUT2D eigenvalue weighted by molar-refractivity contribution is 6.46. The Bertz CT molecular complexity index is 358. The molecule has 0 amide bonds. The van der Waals surface area contributed by atoms with Gasteiger partial charge >= 0.3 is 7.48 Å². The number of aliphatic hydroxyl groups is 2. The van der Waals surface area contributed by atoms with Crippen molar-refractivity contribution in [1.82, 2.24) is 9.78 Å². The molecular weight excluding hydrogens is 219 g/mol. The summed E-state index contributed by atoms with van der Waals surface area (Å²) in [5, 5.41) is 22.7. The molecule has 0 unspecified atom stereocenters. The largest absolute Gasteiger partial charge is 0.427 e. The Balaban J connectivity index is 2.55. The molecule has 0 saturated carbocycles. The Labute approximate surface area is 103 Å². The molecule has 1 rings (SSSR count). The number of hydrogen-bond donors (Lipinski definition) is 2. The highest BCUT2D eigenvalue weighted by atomic mass is 16.5. The molecule has 1 aromatic heterocycles. The SMILES string of the molecule is CC(C)(O)C(C)(C)O[B]c1cnn(CCO)c1. The molecule has 0 aliphatic rings. The smallest absolute Gasteiger partial charge is 0.334 e. The van der Waals surface area contributed by atoms with Crippen molar-refractivity contribution >= 4 is 12.9 Å². The third-order valence-electron chi connectivity index (χ3n) is 2.95. The van der Waals surface area contributed by atoms with Gasteiger partial charge in [0.15, 0.2) is 0 Å². The van der Waals surface area contributed by atoms with Gasteiger partial charge in [0.2, 0.25) is 0 Å². The van der Waals surface area contributed by atoms with Crippen LogP contribution in [0.2, 0.25) is 0 Å². The van der Waals surface area contributed by atoms with Crippen molar-refractivity contribution in [1.29, 1.82) is 0 Å². The minimum Gasteiger partial charge on any atom is -0.427 e. The molecule has 0 bridgehead atoms. The van der Waals surface area contributed by atoms with Crippen LogP contribution in [0.1, 0.15) is 27.7 Å². The average Bonchev–Trinajstić information content (AvgIpc) is 2.62. The Hall–Kier alpha value is -0.845. The summed E-state index contributed by atoms with van der Waals surface area (Å²) in [5.41, 5.74) is -0.827. The standard InChI is InChI=1S/C11H20BN2O3/c1-10(2,16)11(3,4)17-12-9-7-13-14(8-9)5-6-15/h7-8,15-16H,5-6H2,1-4H3. The molecule has 1 radical (unpaired) electrons. The lowest BCUT2D eigenvalue weighted by Gasteiger charge is -2.37. The first-order valence-corrected chi connectivity index (χ1v) is 5.63. The van der Waals surface area contributed by atoms with E-state index in [-0.39, 0.29) is 6.61 Å². The van der Waals surface area contributed by atoms with E-state index in [0.29, 0.717) is 6.54 Å². The highest BCUT2D eigenvalue weighted by Crippen LogP contribution is 2.24. The first kappa shape index (κ1) is 14.2. The maximum atomic E-state index is 9.91. The number of rotatable bonds is 6. The molecule has 0 spiro atoms. The van der Waals surface area contributed by atoms with Gasteiger partial charge in [0.05, 0.1) is 24.4 Å². The van der Waals surface area contributed by atoms with E-state index in [4.69, 9.17) is 9.76 Å². The molecule has 0 fully saturated rings. The fourth-order valence-electron chi connectivity index (χ4n) is 1.02. The van der Waals surface area contributed by atoms with E-state index in [2.05, 4.69) is 5.10 Å². The van der Waals surface area contributed by atoms with E-state index < -0.39 is 11.2 Å². The molecule has 6 heteroatoms.